The Bertz CT molecular complexity index is 374. The average molecular weight is 394 g/mol. The monoisotopic (exact) mass is 393 g/mol. The van der Waals surface area contributed by atoms with Crippen LogP contribution in [0.3, 0.4) is 0 Å². The third-order valence-electron chi connectivity index (χ3n) is 2.22. The summed E-state index contributed by atoms with van der Waals surface area (Å²) in [5.74, 6) is 1.25. The van der Waals surface area contributed by atoms with Crippen LogP contribution in [-0.2, 0) is 8.85 Å². The van der Waals surface area contributed by atoms with Gasteiger partial charge in [-0.25, -0.2) is 0 Å². The molecule has 0 aliphatic rings. The van der Waals surface area contributed by atoms with Crippen molar-refractivity contribution in [1.82, 2.24) is 10.0 Å². The first-order chi connectivity index (χ1) is 9.73. The van der Waals surface area contributed by atoms with Crippen LogP contribution in [0, 0.1) is 10.8 Å². The van der Waals surface area contributed by atoms with Gasteiger partial charge in [0.2, 0.25) is 11.8 Å². The van der Waals surface area contributed by atoms with Crippen molar-refractivity contribution >= 4 is 35.0 Å². The minimum absolute atomic E-state index is 0.210. The Hall–Kier alpha value is -0.763. The summed E-state index contributed by atoms with van der Waals surface area (Å²) < 4.78 is 11.9. The maximum Gasteiger partial charge on any atom is 0.622 e. The van der Waals surface area contributed by atoms with E-state index in [1.165, 1.54) is 0 Å². The highest BCUT2D eigenvalue weighted by atomic mass is 79.9. The molecule has 0 saturated heterocycles. The predicted molar refractivity (Wildman–Crippen MR) is 98.0 cm³/mol. The molecule has 0 bridgehead atoms. The molecule has 0 fully saturated rings. The van der Waals surface area contributed by atoms with Crippen LogP contribution in [0.1, 0.15) is 41.5 Å². The lowest BCUT2D eigenvalue weighted by molar-refractivity contribution is 0.322. The van der Waals surface area contributed by atoms with Crippen LogP contribution in [-0.4, -0.2) is 57.9 Å². The molecule has 0 rings (SSSR count). The van der Waals surface area contributed by atoms with Crippen molar-refractivity contribution in [3.05, 3.63) is 0 Å². The normalized spacial score (nSPS) is 14.2. The van der Waals surface area contributed by atoms with Gasteiger partial charge in [0.05, 0.1) is 0 Å². The standard InChI is InChI=1S/C14H30BrN4O2Si/c1-13(2,3)11(16-18(7)8)20-22(15)21-12(14(4,5)6)17-19(9)10/h1-10H3/b16-11+,17-12+. The van der Waals surface area contributed by atoms with E-state index in [0.717, 1.165) is 0 Å². The van der Waals surface area contributed by atoms with Crippen LogP contribution >= 0.6 is 15.3 Å². The van der Waals surface area contributed by atoms with Crippen LogP contribution in [0.15, 0.2) is 10.2 Å². The van der Waals surface area contributed by atoms with Crippen LogP contribution in [0.25, 0.3) is 0 Å². The number of nitrogens with zero attached hydrogens (tertiary/aromatic N) is 4. The van der Waals surface area contributed by atoms with E-state index in [4.69, 9.17) is 8.85 Å². The zero-order valence-corrected chi connectivity index (χ0v) is 18.1. The molecule has 0 aromatic heterocycles. The topological polar surface area (TPSA) is 49.7 Å². The summed E-state index contributed by atoms with van der Waals surface area (Å²) in [6.45, 7) is 12.3. The Kier molecular flexibility index (Phi) is 7.91. The van der Waals surface area contributed by atoms with Crippen LogP contribution < -0.4 is 0 Å². The Morgan fingerprint density at radius 1 is 0.773 bits per heavy atom. The van der Waals surface area contributed by atoms with Crippen molar-refractivity contribution < 1.29 is 8.85 Å². The van der Waals surface area contributed by atoms with Gasteiger partial charge in [-0.15, -0.1) is 10.2 Å². The molecule has 0 spiro atoms. The summed E-state index contributed by atoms with van der Waals surface area (Å²) in [6.07, 6.45) is 0. The molecular weight excluding hydrogens is 364 g/mol. The zero-order chi connectivity index (χ0) is 17.7. The van der Waals surface area contributed by atoms with E-state index in [2.05, 4.69) is 67.0 Å². The van der Waals surface area contributed by atoms with E-state index < -0.39 is 7.90 Å². The second-order valence-electron chi connectivity index (χ2n) is 7.45. The quantitative estimate of drug-likeness (QED) is 0.242. The highest BCUT2D eigenvalue weighted by Gasteiger charge is 2.32. The van der Waals surface area contributed by atoms with Gasteiger partial charge < -0.3 is 8.85 Å². The number of hydrogen-bond donors (Lipinski definition) is 0. The van der Waals surface area contributed by atoms with Gasteiger partial charge in [0.25, 0.3) is 0 Å². The van der Waals surface area contributed by atoms with Gasteiger partial charge in [0.15, 0.2) is 0 Å². The molecule has 1 radical (unpaired) electrons. The van der Waals surface area contributed by atoms with Crippen LogP contribution in [0.4, 0.5) is 0 Å². The number of hydrogen-bond acceptors (Lipinski definition) is 6. The smallest absolute Gasteiger partial charge is 0.489 e. The fraction of sp³-hybridized carbons (Fsp3) is 0.857. The molecule has 0 N–H and O–H groups in total. The summed E-state index contributed by atoms with van der Waals surface area (Å²) in [7, 11) is 5.72. The molecule has 0 unspecified atom stereocenters. The van der Waals surface area contributed by atoms with Crippen molar-refractivity contribution in [2.75, 3.05) is 28.2 Å². The minimum Gasteiger partial charge on any atom is -0.489 e. The van der Waals surface area contributed by atoms with Gasteiger partial charge in [-0.3, -0.25) is 10.0 Å². The number of halogens is 1. The minimum atomic E-state index is -1.74. The first kappa shape index (κ1) is 21.2. The zero-order valence-electron chi connectivity index (χ0n) is 15.5. The molecule has 0 aliphatic heterocycles. The van der Waals surface area contributed by atoms with E-state index in [-0.39, 0.29) is 10.8 Å². The summed E-state index contributed by atoms with van der Waals surface area (Å²) >= 11 is 3.50. The molecule has 129 valence electrons. The maximum atomic E-state index is 5.94. The predicted octanol–water partition coefficient (Wildman–Crippen LogP) is 3.24. The Balaban J connectivity index is 5.14. The molecule has 8 heteroatoms. The second-order valence-corrected chi connectivity index (χ2v) is 10.3. The molecule has 0 amide bonds. The maximum absolute atomic E-state index is 5.94. The van der Waals surface area contributed by atoms with Crippen molar-refractivity contribution in [2.24, 2.45) is 21.0 Å². The molecule has 0 aromatic carbocycles. The first-order valence-corrected chi connectivity index (χ1v) is 10.7. The van der Waals surface area contributed by atoms with Gasteiger partial charge >= 0.3 is 7.90 Å². The van der Waals surface area contributed by atoms with Crippen molar-refractivity contribution in [3.63, 3.8) is 0 Å². The van der Waals surface area contributed by atoms with Crippen LogP contribution in [0.2, 0.25) is 0 Å². The molecule has 0 aliphatic carbocycles. The summed E-state index contributed by atoms with van der Waals surface area (Å²) in [5, 5.41) is 12.3. The second kappa shape index (κ2) is 8.19. The highest BCUT2D eigenvalue weighted by molar-refractivity contribution is 9.24. The first-order valence-electron chi connectivity index (χ1n) is 7.14. The third kappa shape index (κ3) is 8.62. The lowest BCUT2D eigenvalue weighted by atomic mass is 9.97. The van der Waals surface area contributed by atoms with E-state index in [1.807, 2.05) is 28.2 Å². The van der Waals surface area contributed by atoms with Gasteiger partial charge in [-0.2, -0.15) is 0 Å². The van der Waals surface area contributed by atoms with E-state index in [9.17, 15) is 0 Å². The number of hydrazone groups is 2. The molecular formula is C14H30BrN4O2Si. The van der Waals surface area contributed by atoms with Gasteiger partial charge in [-0.05, 0) is 15.3 Å². The molecule has 0 aromatic rings. The SMILES string of the molecule is CN(C)/N=C(/O[Si](Br)O/C(=N/N(C)C)C(C)(C)C)C(C)(C)C. The summed E-state index contributed by atoms with van der Waals surface area (Å²) in [6, 6.07) is 0. The van der Waals surface area contributed by atoms with Crippen molar-refractivity contribution in [3.8, 4) is 0 Å². The third-order valence-corrected chi connectivity index (χ3v) is 3.90. The summed E-state index contributed by atoms with van der Waals surface area (Å²) in [5.41, 5.74) is -0.421. The van der Waals surface area contributed by atoms with E-state index in [0.29, 0.717) is 11.8 Å². The molecule has 0 heterocycles. The van der Waals surface area contributed by atoms with Gasteiger partial charge in [0, 0.05) is 39.0 Å². The lowest BCUT2D eigenvalue weighted by Crippen LogP contribution is -2.36. The molecule has 22 heavy (non-hydrogen) atoms. The van der Waals surface area contributed by atoms with Gasteiger partial charge in [0.1, 0.15) is 0 Å². The summed E-state index contributed by atoms with van der Waals surface area (Å²) in [4.78, 5) is 0. The van der Waals surface area contributed by atoms with E-state index in [1.54, 1.807) is 10.0 Å². The van der Waals surface area contributed by atoms with E-state index >= 15 is 0 Å². The largest absolute Gasteiger partial charge is 0.622 e. The lowest BCUT2D eigenvalue weighted by Gasteiger charge is -2.27. The fourth-order valence-electron chi connectivity index (χ4n) is 1.18. The highest BCUT2D eigenvalue weighted by Crippen LogP contribution is 2.23. The molecule has 6 nitrogen and oxygen atoms in total. The van der Waals surface area contributed by atoms with Crippen molar-refractivity contribution in [2.45, 2.75) is 41.5 Å². The van der Waals surface area contributed by atoms with Gasteiger partial charge in [-0.1, -0.05) is 41.5 Å². The van der Waals surface area contributed by atoms with Crippen LogP contribution in [0.5, 0.6) is 0 Å². The Morgan fingerprint density at radius 3 is 1.23 bits per heavy atom. The fourth-order valence-corrected chi connectivity index (χ4v) is 3.14. The average Bonchev–Trinajstić information content (AvgIpc) is 2.23. The van der Waals surface area contributed by atoms with Crippen molar-refractivity contribution in [1.29, 1.82) is 0 Å². The Labute approximate surface area is 145 Å². The molecule has 0 atom stereocenters. The molecule has 0 saturated carbocycles. The number of rotatable bonds is 4. The Morgan fingerprint density at radius 2 is 1.05 bits per heavy atom.